The quantitative estimate of drug-likeness (QED) is 0.756. The molecule has 0 aromatic heterocycles. The molecule has 2 nitrogen and oxygen atoms in total. The molecule has 0 heterocycles. The lowest BCUT2D eigenvalue weighted by atomic mass is 10.1. The van der Waals surface area contributed by atoms with Crippen molar-refractivity contribution < 1.29 is 13.9 Å². The minimum atomic E-state index is -0.951. The van der Waals surface area contributed by atoms with E-state index in [1.165, 1.54) is 31.3 Å². The fourth-order valence-corrected chi connectivity index (χ4v) is 1.50. The molecule has 2 rings (SSSR count). The molecule has 0 aliphatic heterocycles. The Kier molecular flexibility index (Phi) is 2.19. The Morgan fingerprint density at radius 3 is 2.53 bits per heavy atom. The van der Waals surface area contributed by atoms with Crippen LogP contribution in [0.3, 0.4) is 0 Å². The molecule has 2 aromatic carbocycles. The van der Waals surface area contributed by atoms with Crippen LogP contribution in [-0.4, -0.2) is 12.2 Å². The number of fused-ring (bicyclic) bond motifs is 1. The average molecular weight is 209 g/mol. The van der Waals surface area contributed by atoms with Crippen molar-refractivity contribution in [2.24, 2.45) is 0 Å². The summed E-state index contributed by atoms with van der Waals surface area (Å²) in [6.45, 7) is 0. The van der Waals surface area contributed by atoms with Gasteiger partial charge in [0.05, 0.1) is 5.69 Å². The summed E-state index contributed by atoms with van der Waals surface area (Å²) in [6.07, 6.45) is 0. The first-order chi connectivity index (χ1) is 7.13. The molecule has 2 N–H and O–H groups in total. The predicted molar refractivity (Wildman–Crippen MR) is 55.1 cm³/mol. The molecule has 0 bridgehead atoms. The fourth-order valence-electron chi connectivity index (χ4n) is 1.50. The summed E-state index contributed by atoms with van der Waals surface area (Å²) in [7, 11) is 1.52. The average Bonchev–Trinajstić information content (AvgIpc) is 2.24. The molecule has 4 heteroatoms. The Morgan fingerprint density at radius 2 is 1.87 bits per heavy atom. The Bertz CT molecular complexity index is 525. The summed E-state index contributed by atoms with van der Waals surface area (Å²) < 4.78 is 26.8. The van der Waals surface area contributed by atoms with Gasteiger partial charge in [0.25, 0.3) is 0 Å². The van der Waals surface area contributed by atoms with Crippen molar-refractivity contribution in [3.8, 4) is 5.75 Å². The standard InChI is InChI=1S/C11H9F2NO/c1-14-9-4-6-2-3-7(15)5-8(6)10(12)11(9)13/h2-5,14-15H,1H3. The van der Waals surface area contributed by atoms with Crippen LogP contribution in [0.4, 0.5) is 14.5 Å². The lowest BCUT2D eigenvalue weighted by Crippen LogP contribution is -1.96. The summed E-state index contributed by atoms with van der Waals surface area (Å²) in [4.78, 5) is 0. The highest BCUT2D eigenvalue weighted by Gasteiger charge is 2.12. The minimum absolute atomic E-state index is 0.0755. The van der Waals surface area contributed by atoms with E-state index in [4.69, 9.17) is 5.11 Å². The molecule has 2 aromatic rings. The first-order valence-corrected chi connectivity index (χ1v) is 4.42. The lowest BCUT2D eigenvalue weighted by molar-refractivity contribution is 0.475. The second kappa shape index (κ2) is 3.38. The number of hydrogen-bond acceptors (Lipinski definition) is 2. The van der Waals surface area contributed by atoms with Crippen molar-refractivity contribution in [1.29, 1.82) is 0 Å². The molecule has 0 radical (unpaired) electrons. The molecule has 0 unspecified atom stereocenters. The maximum Gasteiger partial charge on any atom is 0.182 e. The van der Waals surface area contributed by atoms with Gasteiger partial charge in [-0.2, -0.15) is 0 Å². The van der Waals surface area contributed by atoms with E-state index in [1.807, 2.05) is 0 Å². The smallest absolute Gasteiger partial charge is 0.182 e. The van der Waals surface area contributed by atoms with Gasteiger partial charge in [-0.1, -0.05) is 6.07 Å². The normalized spacial score (nSPS) is 10.6. The van der Waals surface area contributed by atoms with Crippen molar-refractivity contribution in [2.75, 3.05) is 12.4 Å². The third kappa shape index (κ3) is 1.48. The first-order valence-electron chi connectivity index (χ1n) is 4.42. The van der Waals surface area contributed by atoms with Crippen LogP contribution in [0.15, 0.2) is 24.3 Å². The van der Waals surface area contributed by atoms with Gasteiger partial charge in [0, 0.05) is 12.4 Å². The van der Waals surface area contributed by atoms with Crippen molar-refractivity contribution in [2.45, 2.75) is 0 Å². The first kappa shape index (κ1) is 9.71. The van der Waals surface area contributed by atoms with Crippen molar-refractivity contribution in [3.63, 3.8) is 0 Å². The van der Waals surface area contributed by atoms with Gasteiger partial charge in [0.1, 0.15) is 5.75 Å². The van der Waals surface area contributed by atoms with E-state index in [9.17, 15) is 8.78 Å². The zero-order chi connectivity index (χ0) is 11.0. The fraction of sp³-hybridized carbons (Fsp3) is 0.0909. The SMILES string of the molecule is CNc1cc2ccc(O)cc2c(F)c1F. The summed E-state index contributed by atoms with van der Waals surface area (Å²) in [5.74, 6) is -1.97. The van der Waals surface area contributed by atoms with Crippen molar-refractivity contribution >= 4 is 16.5 Å². The minimum Gasteiger partial charge on any atom is -0.508 e. The van der Waals surface area contributed by atoms with Crippen molar-refractivity contribution in [3.05, 3.63) is 35.9 Å². The molecule has 0 amide bonds. The molecule has 0 saturated heterocycles. The molecule has 78 valence electrons. The summed E-state index contributed by atoms with van der Waals surface area (Å²) in [5, 5.41) is 12.3. The number of aromatic hydroxyl groups is 1. The monoisotopic (exact) mass is 209 g/mol. The van der Waals surface area contributed by atoms with Crippen LogP contribution in [0, 0.1) is 11.6 Å². The van der Waals surface area contributed by atoms with Crippen LogP contribution < -0.4 is 5.32 Å². The largest absolute Gasteiger partial charge is 0.508 e. The Labute approximate surface area is 85.2 Å². The Balaban J connectivity index is 2.84. The molecule has 0 atom stereocenters. The number of nitrogens with one attached hydrogen (secondary N) is 1. The molecule has 0 spiro atoms. The highest BCUT2D eigenvalue weighted by molar-refractivity contribution is 5.87. The van der Waals surface area contributed by atoms with Crippen LogP contribution in [0.2, 0.25) is 0 Å². The number of halogens is 2. The van der Waals surface area contributed by atoms with Gasteiger partial charge in [-0.3, -0.25) is 0 Å². The van der Waals surface area contributed by atoms with Gasteiger partial charge in [-0.05, 0) is 23.6 Å². The van der Waals surface area contributed by atoms with Crippen LogP contribution in [0.5, 0.6) is 5.75 Å². The summed E-state index contributed by atoms with van der Waals surface area (Å²) in [6, 6.07) is 5.66. The summed E-state index contributed by atoms with van der Waals surface area (Å²) in [5.41, 5.74) is 0.102. The number of benzene rings is 2. The molecule has 0 aliphatic carbocycles. The molecular weight excluding hydrogens is 200 g/mol. The van der Waals surface area contributed by atoms with E-state index in [-0.39, 0.29) is 16.8 Å². The number of phenols is 1. The maximum absolute atomic E-state index is 13.5. The molecule has 0 fully saturated rings. The molecule has 0 saturated carbocycles. The van der Waals surface area contributed by atoms with Gasteiger partial charge in [0.15, 0.2) is 11.6 Å². The van der Waals surface area contributed by atoms with Gasteiger partial charge in [-0.15, -0.1) is 0 Å². The van der Waals surface area contributed by atoms with E-state index in [0.29, 0.717) is 5.39 Å². The van der Waals surface area contributed by atoms with E-state index in [1.54, 1.807) is 0 Å². The maximum atomic E-state index is 13.5. The molecule has 15 heavy (non-hydrogen) atoms. The second-order valence-electron chi connectivity index (χ2n) is 3.21. The van der Waals surface area contributed by atoms with Crippen LogP contribution in [0.25, 0.3) is 10.8 Å². The highest BCUT2D eigenvalue weighted by atomic mass is 19.2. The number of hydrogen-bond donors (Lipinski definition) is 2. The summed E-state index contributed by atoms with van der Waals surface area (Å²) >= 11 is 0. The van der Waals surface area contributed by atoms with Gasteiger partial charge >= 0.3 is 0 Å². The van der Waals surface area contributed by atoms with Crippen molar-refractivity contribution in [1.82, 2.24) is 0 Å². The topological polar surface area (TPSA) is 32.3 Å². The second-order valence-corrected chi connectivity index (χ2v) is 3.21. The third-order valence-corrected chi connectivity index (χ3v) is 2.27. The van der Waals surface area contributed by atoms with E-state index >= 15 is 0 Å². The third-order valence-electron chi connectivity index (χ3n) is 2.27. The molecule has 0 aliphatic rings. The lowest BCUT2D eigenvalue weighted by Gasteiger charge is -2.07. The van der Waals surface area contributed by atoms with Crippen LogP contribution >= 0.6 is 0 Å². The van der Waals surface area contributed by atoms with E-state index < -0.39 is 11.6 Å². The highest BCUT2D eigenvalue weighted by Crippen LogP contribution is 2.28. The molecular formula is C11H9F2NO. The number of phenolic OH excluding ortho intramolecular Hbond substituents is 1. The van der Waals surface area contributed by atoms with Crippen LogP contribution in [0.1, 0.15) is 0 Å². The number of anilines is 1. The Hall–Kier alpha value is -1.84. The zero-order valence-corrected chi connectivity index (χ0v) is 8.01. The van der Waals surface area contributed by atoms with E-state index in [0.717, 1.165) is 0 Å². The Morgan fingerprint density at radius 1 is 1.13 bits per heavy atom. The van der Waals surface area contributed by atoms with E-state index in [2.05, 4.69) is 5.32 Å². The zero-order valence-electron chi connectivity index (χ0n) is 8.01. The predicted octanol–water partition coefficient (Wildman–Crippen LogP) is 2.87. The van der Waals surface area contributed by atoms with Gasteiger partial charge in [0.2, 0.25) is 0 Å². The number of rotatable bonds is 1. The van der Waals surface area contributed by atoms with Gasteiger partial charge in [-0.25, -0.2) is 8.78 Å². The van der Waals surface area contributed by atoms with Crippen LogP contribution in [-0.2, 0) is 0 Å². The van der Waals surface area contributed by atoms with Gasteiger partial charge < -0.3 is 10.4 Å².